The highest BCUT2D eigenvalue weighted by Crippen LogP contribution is 2.30. The van der Waals surface area contributed by atoms with Gasteiger partial charge in [0.25, 0.3) is 0 Å². The van der Waals surface area contributed by atoms with Gasteiger partial charge in [-0.2, -0.15) is 4.98 Å². The van der Waals surface area contributed by atoms with Crippen LogP contribution in [0.4, 0.5) is 0 Å². The van der Waals surface area contributed by atoms with Crippen LogP contribution < -0.4 is 4.74 Å². The number of halogens is 2. The SMILES string of the molecule is CCCc1nc(Cl)c(C)c(Oc2cc(Cl)ccc2C)n1. The molecule has 0 aliphatic rings. The Bertz CT molecular complexity index is 630. The molecule has 106 valence electrons. The minimum Gasteiger partial charge on any atom is -0.438 e. The molecule has 0 bridgehead atoms. The number of aryl methyl sites for hydroxylation is 2. The Hall–Kier alpha value is -1.32. The molecule has 1 heterocycles. The number of aromatic nitrogens is 2. The van der Waals surface area contributed by atoms with Gasteiger partial charge >= 0.3 is 0 Å². The lowest BCUT2D eigenvalue weighted by Crippen LogP contribution is -2.01. The van der Waals surface area contributed by atoms with Crippen molar-refractivity contribution in [3.8, 4) is 11.6 Å². The summed E-state index contributed by atoms with van der Waals surface area (Å²) in [7, 11) is 0. The van der Waals surface area contributed by atoms with E-state index >= 15 is 0 Å². The second-order valence-electron chi connectivity index (χ2n) is 4.62. The molecular formula is C15H16Cl2N2O. The Kier molecular flexibility index (Phi) is 4.84. The van der Waals surface area contributed by atoms with Gasteiger partial charge in [0.1, 0.15) is 16.7 Å². The molecule has 20 heavy (non-hydrogen) atoms. The van der Waals surface area contributed by atoms with E-state index in [1.807, 2.05) is 26.0 Å². The van der Waals surface area contributed by atoms with Crippen molar-refractivity contribution in [2.24, 2.45) is 0 Å². The first-order valence-electron chi connectivity index (χ1n) is 6.48. The van der Waals surface area contributed by atoms with E-state index in [0.717, 1.165) is 24.0 Å². The quantitative estimate of drug-likeness (QED) is 0.733. The second-order valence-corrected chi connectivity index (χ2v) is 5.42. The van der Waals surface area contributed by atoms with Gasteiger partial charge in [-0.15, -0.1) is 0 Å². The Balaban J connectivity index is 2.39. The van der Waals surface area contributed by atoms with Gasteiger partial charge < -0.3 is 4.74 Å². The van der Waals surface area contributed by atoms with Crippen LogP contribution in [0.3, 0.4) is 0 Å². The third-order valence-corrected chi connectivity index (χ3v) is 3.52. The molecule has 5 heteroatoms. The van der Waals surface area contributed by atoms with Crippen LogP contribution in [0.1, 0.15) is 30.3 Å². The van der Waals surface area contributed by atoms with Gasteiger partial charge in [-0.05, 0) is 38.0 Å². The van der Waals surface area contributed by atoms with Crippen LogP contribution in [0.5, 0.6) is 11.6 Å². The van der Waals surface area contributed by atoms with E-state index in [9.17, 15) is 0 Å². The molecule has 0 saturated heterocycles. The predicted octanol–water partition coefficient (Wildman–Crippen LogP) is 5.15. The van der Waals surface area contributed by atoms with E-state index in [0.29, 0.717) is 27.6 Å². The second kappa shape index (κ2) is 6.42. The first-order chi connectivity index (χ1) is 9.51. The molecular weight excluding hydrogens is 295 g/mol. The normalized spacial score (nSPS) is 10.7. The highest BCUT2D eigenvalue weighted by atomic mass is 35.5. The molecule has 1 aromatic carbocycles. The molecule has 0 fully saturated rings. The fourth-order valence-electron chi connectivity index (χ4n) is 1.73. The van der Waals surface area contributed by atoms with E-state index in [4.69, 9.17) is 27.9 Å². The largest absolute Gasteiger partial charge is 0.438 e. The lowest BCUT2D eigenvalue weighted by molar-refractivity contribution is 0.451. The molecule has 0 spiro atoms. The Labute approximate surface area is 128 Å². The number of ether oxygens (including phenoxy) is 1. The van der Waals surface area contributed by atoms with Crippen LogP contribution in [0, 0.1) is 13.8 Å². The number of hydrogen-bond donors (Lipinski definition) is 0. The first-order valence-corrected chi connectivity index (χ1v) is 7.24. The third-order valence-electron chi connectivity index (χ3n) is 2.92. The standard InChI is InChI=1S/C15H16Cl2N2O/c1-4-5-13-18-14(17)10(3)15(19-13)20-12-8-11(16)7-6-9(12)2/h6-8H,4-5H2,1-3H3. The highest BCUT2D eigenvalue weighted by Gasteiger charge is 2.12. The van der Waals surface area contributed by atoms with Crippen LogP contribution in [-0.2, 0) is 6.42 Å². The molecule has 0 radical (unpaired) electrons. The van der Waals surface area contributed by atoms with Crippen molar-refractivity contribution in [3.63, 3.8) is 0 Å². The average Bonchev–Trinajstić information content (AvgIpc) is 2.40. The summed E-state index contributed by atoms with van der Waals surface area (Å²) in [5.41, 5.74) is 1.71. The fraction of sp³-hybridized carbons (Fsp3) is 0.333. The number of rotatable bonds is 4. The number of hydrogen-bond acceptors (Lipinski definition) is 3. The molecule has 0 aliphatic carbocycles. The summed E-state index contributed by atoms with van der Waals surface area (Å²) in [4.78, 5) is 8.68. The van der Waals surface area contributed by atoms with Crippen molar-refractivity contribution in [1.82, 2.24) is 9.97 Å². The lowest BCUT2D eigenvalue weighted by Gasteiger charge is -2.12. The van der Waals surface area contributed by atoms with E-state index in [1.165, 1.54) is 0 Å². The fourth-order valence-corrected chi connectivity index (χ4v) is 2.07. The maximum absolute atomic E-state index is 6.13. The van der Waals surface area contributed by atoms with Crippen molar-refractivity contribution >= 4 is 23.2 Å². The third kappa shape index (κ3) is 3.41. The number of benzene rings is 1. The van der Waals surface area contributed by atoms with Crippen LogP contribution in [0.25, 0.3) is 0 Å². The smallest absolute Gasteiger partial charge is 0.227 e. The van der Waals surface area contributed by atoms with Crippen molar-refractivity contribution < 1.29 is 4.74 Å². The molecule has 0 aliphatic heterocycles. The van der Waals surface area contributed by atoms with Crippen molar-refractivity contribution in [1.29, 1.82) is 0 Å². The molecule has 2 rings (SSSR count). The summed E-state index contributed by atoms with van der Waals surface area (Å²) in [6.07, 6.45) is 1.72. The van der Waals surface area contributed by atoms with Gasteiger partial charge in [-0.3, -0.25) is 0 Å². The molecule has 3 nitrogen and oxygen atoms in total. The van der Waals surface area contributed by atoms with Crippen molar-refractivity contribution in [2.75, 3.05) is 0 Å². The summed E-state index contributed by atoms with van der Waals surface area (Å²) < 4.78 is 5.87. The van der Waals surface area contributed by atoms with E-state index in [1.54, 1.807) is 6.07 Å². The Morgan fingerprint density at radius 3 is 2.60 bits per heavy atom. The van der Waals surface area contributed by atoms with E-state index < -0.39 is 0 Å². The lowest BCUT2D eigenvalue weighted by atomic mass is 10.2. The zero-order valence-electron chi connectivity index (χ0n) is 11.7. The molecule has 0 atom stereocenters. The van der Waals surface area contributed by atoms with Crippen molar-refractivity contribution in [2.45, 2.75) is 33.6 Å². The summed E-state index contributed by atoms with van der Waals surface area (Å²) in [6.45, 7) is 5.86. The van der Waals surface area contributed by atoms with E-state index in [-0.39, 0.29) is 0 Å². The van der Waals surface area contributed by atoms with Gasteiger partial charge in [0.15, 0.2) is 0 Å². The van der Waals surface area contributed by atoms with Crippen LogP contribution in [0.2, 0.25) is 10.2 Å². The van der Waals surface area contributed by atoms with Gasteiger partial charge in [0.2, 0.25) is 5.88 Å². The van der Waals surface area contributed by atoms with Gasteiger partial charge in [0.05, 0.1) is 0 Å². The topological polar surface area (TPSA) is 35.0 Å². The maximum atomic E-state index is 6.13. The molecule has 0 N–H and O–H groups in total. The first kappa shape index (κ1) is 15.1. The average molecular weight is 311 g/mol. The molecule has 0 amide bonds. The molecule has 2 aromatic rings. The number of nitrogens with zero attached hydrogens (tertiary/aromatic N) is 2. The monoisotopic (exact) mass is 310 g/mol. The maximum Gasteiger partial charge on any atom is 0.227 e. The minimum absolute atomic E-state index is 0.429. The minimum atomic E-state index is 0.429. The molecule has 0 unspecified atom stereocenters. The highest BCUT2D eigenvalue weighted by molar-refractivity contribution is 6.30. The summed E-state index contributed by atoms with van der Waals surface area (Å²) >= 11 is 12.1. The molecule has 0 saturated carbocycles. The molecule has 1 aromatic heterocycles. The van der Waals surface area contributed by atoms with Gasteiger partial charge in [-0.1, -0.05) is 36.2 Å². The van der Waals surface area contributed by atoms with Crippen LogP contribution >= 0.6 is 23.2 Å². The van der Waals surface area contributed by atoms with Gasteiger partial charge in [0, 0.05) is 17.0 Å². The van der Waals surface area contributed by atoms with Crippen molar-refractivity contribution in [3.05, 3.63) is 45.3 Å². The summed E-state index contributed by atoms with van der Waals surface area (Å²) in [6, 6.07) is 5.50. The van der Waals surface area contributed by atoms with Gasteiger partial charge in [-0.25, -0.2) is 4.98 Å². The Morgan fingerprint density at radius 1 is 1.15 bits per heavy atom. The summed E-state index contributed by atoms with van der Waals surface area (Å²) in [5.74, 6) is 1.86. The zero-order chi connectivity index (χ0) is 14.7. The zero-order valence-corrected chi connectivity index (χ0v) is 13.2. The van der Waals surface area contributed by atoms with E-state index in [2.05, 4.69) is 16.9 Å². The summed E-state index contributed by atoms with van der Waals surface area (Å²) in [5, 5.41) is 1.05. The predicted molar refractivity (Wildman–Crippen MR) is 82.0 cm³/mol. The Morgan fingerprint density at radius 2 is 1.90 bits per heavy atom. The van der Waals surface area contributed by atoms with Crippen LogP contribution in [0.15, 0.2) is 18.2 Å². The van der Waals surface area contributed by atoms with Crippen LogP contribution in [-0.4, -0.2) is 9.97 Å².